The Balaban J connectivity index is 1.36. The number of likely N-dealkylation sites (tertiary alicyclic amines) is 1. The number of fused-ring (bicyclic) bond motifs is 1. The molecule has 0 amide bonds. The minimum atomic E-state index is -0.470. The molecule has 0 atom stereocenters. The summed E-state index contributed by atoms with van der Waals surface area (Å²) >= 11 is 0. The first-order chi connectivity index (χ1) is 13.5. The van der Waals surface area contributed by atoms with Crippen LogP contribution >= 0.6 is 0 Å². The molecule has 1 fully saturated rings. The lowest BCUT2D eigenvalue weighted by Gasteiger charge is -2.35. The average Bonchev–Trinajstić information content (AvgIpc) is 3.16. The van der Waals surface area contributed by atoms with E-state index in [1.54, 1.807) is 0 Å². The first-order valence-electron chi connectivity index (χ1n) is 10.8. The van der Waals surface area contributed by atoms with Gasteiger partial charge in [0.2, 0.25) is 0 Å². The van der Waals surface area contributed by atoms with Crippen molar-refractivity contribution in [1.82, 2.24) is 4.90 Å². The molecule has 0 radical (unpaired) electrons. The molecule has 0 bridgehead atoms. The minimum Gasteiger partial charge on any atom is -0.493 e. The van der Waals surface area contributed by atoms with Gasteiger partial charge in [0.15, 0.2) is 0 Å². The van der Waals surface area contributed by atoms with Crippen LogP contribution in [0.1, 0.15) is 49.3 Å². The highest BCUT2D eigenvalue weighted by molar-refractivity contribution is 5.74. The normalized spacial score (nSPS) is 18.8. The number of ether oxygens (including phenoxy) is 1. The molecule has 2 aromatic rings. The fraction of sp³-hybridized carbons (Fsp3) is 0.520. The van der Waals surface area contributed by atoms with Gasteiger partial charge in [-0.2, -0.15) is 0 Å². The Kier molecular flexibility index (Phi) is 5.75. The molecule has 2 aliphatic rings. The maximum atomic E-state index is 10.1. The molecule has 1 aliphatic heterocycles. The van der Waals surface area contributed by atoms with E-state index in [9.17, 15) is 5.11 Å². The van der Waals surface area contributed by atoms with E-state index in [1.807, 2.05) is 6.92 Å². The molecule has 1 saturated heterocycles. The van der Waals surface area contributed by atoms with Crippen LogP contribution in [0, 0.1) is 6.92 Å². The topological polar surface area (TPSA) is 32.7 Å². The van der Waals surface area contributed by atoms with Crippen LogP contribution < -0.4 is 4.74 Å². The molecule has 28 heavy (non-hydrogen) atoms. The summed E-state index contributed by atoms with van der Waals surface area (Å²) in [6, 6.07) is 13.2. The Hall–Kier alpha value is -1.84. The van der Waals surface area contributed by atoms with Crippen molar-refractivity contribution >= 4 is 0 Å². The number of nitrogens with zero attached hydrogens (tertiary/aromatic N) is 1. The summed E-state index contributed by atoms with van der Waals surface area (Å²) in [6.45, 7) is 7.89. The first kappa shape index (κ1) is 19.5. The second kappa shape index (κ2) is 8.26. The summed E-state index contributed by atoms with van der Waals surface area (Å²) in [5, 5.41) is 10.1. The van der Waals surface area contributed by atoms with Crippen LogP contribution in [-0.4, -0.2) is 41.8 Å². The molecule has 1 heterocycles. The minimum absolute atomic E-state index is 0.470. The van der Waals surface area contributed by atoms with Crippen molar-refractivity contribution < 1.29 is 9.84 Å². The van der Waals surface area contributed by atoms with E-state index in [2.05, 4.69) is 48.2 Å². The van der Waals surface area contributed by atoms with Gasteiger partial charge in [-0.1, -0.05) is 30.3 Å². The molecule has 1 aliphatic carbocycles. The number of hydrogen-bond donors (Lipinski definition) is 1. The maximum Gasteiger partial charge on any atom is 0.122 e. The molecule has 2 aromatic carbocycles. The number of piperidine rings is 1. The average molecular weight is 380 g/mol. The number of aryl methyl sites for hydroxylation is 1. The Morgan fingerprint density at radius 2 is 1.79 bits per heavy atom. The summed E-state index contributed by atoms with van der Waals surface area (Å²) in [4.78, 5) is 2.44. The highest BCUT2D eigenvalue weighted by Crippen LogP contribution is 2.36. The SMILES string of the molecule is Cc1c(OCCCN2CCC(C)(O)CC2)cccc1-c1cccc2c1CCC2. The van der Waals surface area contributed by atoms with Crippen molar-refractivity contribution in [1.29, 1.82) is 0 Å². The molecule has 0 spiro atoms. The quantitative estimate of drug-likeness (QED) is 0.734. The van der Waals surface area contributed by atoms with E-state index in [0.717, 1.165) is 51.3 Å². The standard InChI is InChI=1S/C25H33NO2/c1-19-21(23-11-4-8-20-7-3-10-22(20)23)9-5-12-24(19)28-18-6-15-26-16-13-25(2,27)14-17-26/h4-5,8-9,11-12,27H,3,6-7,10,13-18H2,1-2H3. The largest absolute Gasteiger partial charge is 0.493 e. The molecule has 0 unspecified atom stereocenters. The molecule has 4 rings (SSSR count). The molecule has 3 heteroatoms. The van der Waals surface area contributed by atoms with Gasteiger partial charge in [0.1, 0.15) is 5.75 Å². The van der Waals surface area contributed by atoms with Crippen molar-refractivity contribution in [3.05, 3.63) is 53.1 Å². The van der Waals surface area contributed by atoms with Gasteiger partial charge in [0.05, 0.1) is 12.2 Å². The van der Waals surface area contributed by atoms with Gasteiger partial charge < -0.3 is 14.7 Å². The van der Waals surface area contributed by atoms with Crippen LogP contribution in [0.4, 0.5) is 0 Å². The number of aliphatic hydroxyl groups is 1. The smallest absolute Gasteiger partial charge is 0.122 e. The molecule has 3 nitrogen and oxygen atoms in total. The molecule has 0 saturated carbocycles. The Labute approximate surface area is 169 Å². The lowest BCUT2D eigenvalue weighted by molar-refractivity contribution is -0.00603. The first-order valence-corrected chi connectivity index (χ1v) is 10.8. The fourth-order valence-corrected chi connectivity index (χ4v) is 4.66. The van der Waals surface area contributed by atoms with Crippen molar-refractivity contribution in [2.75, 3.05) is 26.2 Å². The Bertz CT molecular complexity index is 817. The third-order valence-electron chi connectivity index (χ3n) is 6.53. The van der Waals surface area contributed by atoms with E-state index >= 15 is 0 Å². The van der Waals surface area contributed by atoms with E-state index in [0.29, 0.717) is 0 Å². The van der Waals surface area contributed by atoms with Gasteiger partial charge in [0.25, 0.3) is 0 Å². The van der Waals surface area contributed by atoms with Gasteiger partial charge in [-0.15, -0.1) is 0 Å². The summed E-state index contributed by atoms with van der Waals surface area (Å²) in [7, 11) is 0. The predicted octanol–water partition coefficient (Wildman–Crippen LogP) is 4.77. The summed E-state index contributed by atoms with van der Waals surface area (Å²) < 4.78 is 6.17. The number of benzene rings is 2. The lowest BCUT2D eigenvalue weighted by Crippen LogP contribution is -2.42. The Morgan fingerprint density at radius 3 is 2.61 bits per heavy atom. The summed E-state index contributed by atoms with van der Waals surface area (Å²) in [5.41, 5.74) is 6.53. The van der Waals surface area contributed by atoms with Crippen LogP contribution in [0.3, 0.4) is 0 Å². The third kappa shape index (κ3) is 4.26. The molecular weight excluding hydrogens is 346 g/mol. The predicted molar refractivity (Wildman–Crippen MR) is 115 cm³/mol. The van der Waals surface area contributed by atoms with Gasteiger partial charge in [-0.25, -0.2) is 0 Å². The van der Waals surface area contributed by atoms with Crippen molar-refractivity contribution in [3.8, 4) is 16.9 Å². The van der Waals surface area contributed by atoms with Crippen LogP contribution in [0.15, 0.2) is 36.4 Å². The fourth-order valence-electron chi connectivity index (χ4n) is 4.66. The van der Waals surface area contributed by atoms with Gasteiger partial charge in [-0.3, -0.25) is 0 Å². The molecule has 1 N–H and O–H groups in total. The van der Waals surface area contributed by atoms with Crippen LogP contribution in [0.5, 0.6) is 5.75 Å². The maximum absolute atomic E-state index is 10.1. The van der Waals surface area contributed by atoms with Crippen molar-refractivity contribution in [2.24, 2.45) is 0 Å². The van der Waals surface area contributed by atoms with Crippen molar-refractivity contribution in [3.63, 3.8) is 0 Å². The summed E-state index contributed by atoms with van der Waals surface area (Å²) in [5.74, 6) is 1.01. The van der Waals surface area contributed by atoms with Gasteiger partial charge in [-0.05, 0) is 86.3 Å². The monoisotopic (exact) mass is 379 g/mol. The van der Waals surface area contributed by atoms with Crippen LogP contribution in [0.25, 0.3) is 11.1 Å². The van der Waals surface area contributed by atoms with E-state index < -0.39 is 5.60 Å². The molecular formula is C25H33NO2. The van der Waals surface area contributed by atoms with Crippen LogP contribution in [0.2, 0.25) is 0 Å². The number of hydrogen-bond acceptors (Lipinski definition) is 3. The van der Waals surface area contributed by atoms with Gasteiger partial charge in [0, 0.05) is 19.6 Å². The van der Waals surface area contributed by atoms with E-state index in [-0.39, 0.29) is 0 Å². The second-order valence-corrected chi connectivity index (χ2v) is 8.77. The number of rotatable bonds is 6. The third-order valence-corrected chi connectivity index (χ3v) is 6.53. The summed E-state index contributed by atoms with van der Waals surface area (Å²) in [6.07, 6.45) is 6.44. The van der Waals surface area contributed by atoms with Crippen LogP contribution in [-0.2, 0) is 12.8 Å². The highest BCUT2D eigenvalue weighted by atomic mass is 16.5. The molecule has 0 aromatic heterocycles. The molecule has 150 valence electrons. The Morgan fingerprint density at radius 1 is 1.04 bits per heavy atom. The zero-order valence-electron chi connectivity index (χ0n) is 17.3. The highest BCUT2D eigenvalue weighted by Gasteiger charge is 2.26. The zero-order chi connectivity index (χ0) is 19.6. The van der Waals surface area contributed by atoms with E-state index in [4.69, 9.17) is 4.74 Å². The van der Waals surface area contributed by atoms with Gasteiger partial charge >= 0.3 is 0 Å². The lowest BCUT2D eigenvalue weighted by atomic mass is 9.93. The van der Waals surface area contributed by atoms with E-state index in [1.165, 1.54) is 47.1 Å². The van der Waals surface area contributed by atoms with Crippen molar-refractivity contribution in [2.45, 2.75) is 58.0 Å². The zero-order valence-corrected chi connectivity index (χ0v) is 17.3. The second-order valence-electron chi connectivity index (χ2n) is 8.77.